The highest BCUT2D eigenvalue weighted by atomic mass is 31.2. The highest BCUT2D eigenvalue weighted by Gasteiger charge is 2.45. The van der Waals surface area contributed by atoms with Gasteiger partial charge in [0.15, 0.2) is 0 Å². The summed E-state index contributed by atoms with van der Waals surface area (Å²) in [5, 5.41) is 0. The van der Waals surface area contributed by atoms with Gasteiger partial charge in [-0.15, -0.1) is 0 Å². The Labute approximate surface area is 186 Å². The number of carbonyl (C=O) groups excluding carboxylic acids is 1. The van der Waals surface area contributed by atoms with Crippen LogP contribution in [0.25, 0.3) is 5.53 Å². The Hall–Kier alpha value is -3.41. The van der Waals surface area contributed by atoms with E-state index >= 15 is 0 Å². The molecule has 0 saturated carbocycles. The molecule has 0 aliphatic carbocycles. The minimum atomic E-state index is -4.07. The lowest BCUT2D eigenvalue weighted by Gasteiger charge is -2.25. The van der Waals surface area contributed by atoms with Crippen LogP contribution in [0.15, 0.2) is 79.0 Å². The number of hydrogen-bond acceptors (Lipinski definition) is 6. The molecule has 0 amide bonds. The van der Waals surface area contributed by atoms with Crippen molar-refractivity contribution in [2.75, 3.05) is 19.1 Å². The number of carbonyl (C=O) groups is 1. The van der Waals surface area contributed by atoms with E-state index < -0.39 is 18.8 Å². The monoisotopic (exact) mass is 450 g/mol. The van der Waals surface area contributed by atoms with Gasteiger partial charge in [-0.25, -0.2) is 4.57 Å². The number of benzene rings is 2. The minimum Gasteiger partial charge on any atom is -0.361 e. The first kappa shape index (κ1) is 23.3. The number of ketones is 1. The van der Waals surface area contributed by atoms with Crippen LogP contribution in [0.1, 0.15) is 21.6 Å². The third kappa shape index (κ3) is 5.25. The van der Waals surface area contributed by atoms with Gasteiger partial charge < -0.3 is 19.5 Å². The van der Waals surface area contributed by atoms with E-state index in [1.54, 1.807) is 12.3 Å². The molecule has 0 bridgehead atoms. The quantitative estimate of drug-likeness (QED) is 0.147. The lowest BCUT2D eigenvalue weighted by molar-refractivity contribution is -0.00426. The summed E-state index contributed by atoms with van der Waals surface area (Å²) in [7, 11) is -1.84. The summed E-state index contributed by atoms with van der Waals surface area (Å²) < 4.78 is 22.4. The largest absolute Gasteiger partial charge is 0.448 e. The molecule has 3 rings (SSSR count). The summed E-state index contributed by atoms with van der Waals surface area (Å²) in [6.45, 7) is 0.856. The van der Waals surface area contributed by atoms with Gasteiger partial charge in [-0.1, -0.05) is 48.5 Å². The van der Waals surface area contributed by atoms with E-state index in [1.165, 1.54) is 6.07 Å². The van der Waals surface area contributed by atoms with E-state index in [0.29, 0.717) is 12.2 Å². The maximum atomic E-state index is 13.2. The summed E-state index contributed by atoms with van der Waals surface area (Å²) in [6, 6.07) is 22.8. The van der Waals surface area contributed by atoms with Crippen LogP contribution >= 0.6 is 7.60 Å². The van der Waals surface area contributed by atoms with E-state index in [0.717, 1.165) is 25.5 Å². The lowest BCUT2D eigenvalue weighted by Crippen LogP contribution is -2.26. The predicted octanol–water partition coefficient (Wildman–Crippen LogP) is 4.59. The Kier molecular flexibility index (Phi) is 7.82. The van der Waals surface area contributed by atoms with Crippen LogP contribution in [0, 0.1) is 0 Å². The molecule has 3 aromatic rings. The van der Waals surface area contributed by atoms with Gasteiger partial charge in [0.1, 0.15) is 0 Å². The number of rotatable bonds is 10. The van der Waals surface area contributed by atoms with Crippen LogP contribution in [-0.4, -0.2) is 35.2 Å². The van der Waals surface area contributed by atoms with E-state index in [2.05, 4.69) is 14.7 Å². The van der Waals surface area contributed by atoms with Gasteiger partial charge in [0.05, 0.1) is 17.8 Å². The van der Waals surface area contributed by atoms with Crippen LogP contribution in [-0.2, 0) is 26.7 Å². The molecule has 9 heteroatoms. The zero-order valence-corrected chi connectivity index (χ0v) is 18.7. The molecule has 0 atom stereocenters. The Bertz CT molecular complexity index is 1160. The van der Waals surface area contributed by atoms with Crippen LogP contribution in [0.5, 0.6) is 0 Å². The summed E-state index contributed by atoms with van der Waals surface area (Å²) in [5.74, 6) is -0.782. The van der Waals surface area contributed by atoms with Crippen LogP contribution < -0.4 is 4.90 Å². The zero-order chi connectivity index (χ0) is 23.0. The molecule has 0 aliphatic heterocycles. The molecule has 0 unspecified atom stereocenters. The lowest BCUT2D eigenvalue weighted by atomic mass is 10.1. The molecule has 0 spiro atoms. The topological polar surface area (TPSA) is 105 Å². The van der Waals surface area contributed by atoms with Gasteiger partial charge in [-0.3, -0.25) is 9.78 Å². The Morgan fingerprint density at radius 3 is 2.19 bits per heavy atom. The van der Waals surface area contributed by atoms with Crippen LogP contribution in [0.4, 0.5) is 5.69 Å². The molecular formula is C23H23N4O4P. The number of aromatic nitrogens is 1. The van der Waals surface area contributed by atoms with Gasteiger partial charge in [0, 0.05) is 32.6 Å². The normalized spacial score (nSPS) is 10.9. The molecule has 1 heterocycles. The minimum absolute atomic E-state index is 0.142. The van der Waals surface area contributed by atoms with Crippen molar-refractivity contribution in [3.63, 3.8) is 0 Å². The highest BCUT2D eigenvalue weighted by Crippen LogP contribution is 2.48. The van der Waals surface area contributed by atoms with Gasteiger partial charge in [-0.05, 0) is 29.8 Å². The van der Waals surface area contributed by atoms with E-state index in [-0.39, 0.29) is 12.1 Å². The van der Waals surface area contributed by atoms with Crippen LogP contribution in [0.3, 0.4) is 0 Å². The van der Waals surface area contributed by atoms with Crippen LogP contribution in [0.2, 0.25) is 0 Å². The van der Waals surface area contributed by atoms with Crippen molar-refractivity contribution in [1.29, 1.82) is 0 Å². The third-order valence-electron chi connectivity index (χ3n) is 4.85. The number of para-hydroxylation sites is 1. The van der Waals surface area contributed by atoms with Crippen molar-refractivity contribution < 1.29 is 23.2 Å². The second-order valence-corrected chi connectivity index (χ2v) is 8.94. The Morgan fingerprint density at radius 1 is 0.969 bits per heavy atom. The molecule has 1 aromatic heterocycles. The van der Waals surface area contributed by atoms with Gasteiger partial charge in [0.25, 0.3) is 5.78 Å². The summed E-state index contributed by atoms with van der Waals surface area (Å²) in [5.41, 5.74) is 11.3. The number of nitrogens with zero attached hydrogens (tertiary/aromatic N) is 4. The SMILES string of the molecule is COP(=O)(OC)C(=[N+]=[N-])C(=O)c1cccnc1CN(Cc1ccccc1)c1ccccc1. The molecule has 0 saturated heterocycles. The second kappa shape index (κ2) is 10.8. The molecule has 0 aliphatic rings. The van der Waals surface area contributed by atoms with Crippen molar-refractivity contribution >= 4 is 24.5 Å². The summed E-state index contributed by atoms with van der Waals surface area (Å²) in [4.78, 5) is 22.5. The fraction of sp³-hybridized carbons (Fsp3) is 0.174. The number of anilines is 1. The number of Topliss-reactive ketones (excluding diaryl/α,β-unsaturated/α-hetero) is 1. The fourth-order valence-corrected chi connectivity index (χ4v) is 4.20. The zero-order valence-electron chi connectivity index (χ0n) is 17.8. The third-order valence-corrected chi connectivity index (χ3v) is 6.62. The van der Waals surface area contributed by atoms with Crippen molar-refractivity contribution in [2.45, 2.75) is 13.1 Å². The van der Waals surface area contributed by atoms with E-state index in [1.807, 2.05) is 60.7 Å². The van der Waals surface area contributed by atoms with E-state index in [4.69, 9.17) is 9.05 Å². The molecule has 0 radical (unpaired) electrons. The summed E-state index contributed by atoms with van der Waals surface area (Å²) in [6.07, 6.45) is 1.57. The average molecular weight is 450 g/mol. The fourth-order valence-electron chi connectivity index (χ4n) is 3.23. The van der Waals surface area contributed by atoms with Crippen molar-refractivity contribution in [2.24, 2.45) is 0 Å². The number of hydrogen-bond donors (Lipinski definition) is 0. The first-order valence-electron chi connectivity index (χ1n) is 9.79. The first-order chi connectivity index (χ1) is 15.5. The van der Waals surface area contributed by atoms with Gasteiger partial charge >= 0.3 is 13.0 Å². The van der Waals surface area contributed by atoms with Crippen molar-refractivity contribution in [1.82, 2.24) is 4.98 Å². The molecular weight excluding hydrogens is 427 g/mol. The molecule has 0 fully saturated rings. The smallest absolute Gasteiger partial charge is 0.361 e. The Balaban J connectivity index is 1.99. The van der Waals surface area contributed by atoms with E-state index in [9.17, 15) is 14.9 Å². The standard InChI is InChI=1S/C23H23N4O4P/c1-30-32(29,31-2)23(26-24)22(28)20-14-9-15-25-21(20)17-27(19-12-7-4-8-13-19)16-18-10-5-3-6-11-18/h3-15H,16-17H2,1-2H3. The van der Waals surface area contributed by atoms with Gasteiger partial charge in [0.2, 0.25) is 0 Å². The maximum absolute atomic E-state index is 13.2. The number of pyridine rings is 1. The second-order valence-electron chi connectivity index (χ2n) is 6.79. The predicted molar refractivity (Wildman–Crippen MR) is 122 cm³/mol. The van der Waals surface area contributed by atoms with Gasteiger partial charge in [-0.2, -0.15) is 4.79 Å². The molecule has 8 nitrogen and oxygen atoms in total. The molecule has 164 valence electrons. The molecule has 32 heavy (non-hydrogen) atoms. The highest BCUT2D eigenvalue weighted by molar-refractivity contribution is 7.75. The van der Waals surface area contributed by atoms with Crippen molar-refractivity contribution in [3.05, 3.63) is 101 Å². The maximum Gasteiger partial charge on any atom is 0.448 e. The first-order valence-corrected chi connectivity index (χ1v) is 11.3. The molecule has 0 N–H and O–H groups in total. The Morgan fingerprint density at radius 2 is 1.59 bits per heavy atom. The average Bonchev–Trinajstić information content (AvgIpc) is 2.85. The van der Waals surface area contributed by atoms with Crippen molar-refractivity contribution in [3.8, 4) is 0 Å². The molecule has 2 aromatic carbocycles. The summed E-state index contributed by atoms with van der Waals surface area (Å²) >= 11 is 0.